The van der Waals surface area contributed by atoms with E-state index in [0.717, 1.165) is 44.2 Å². The summed E-state index contributed by atoms with van der Waals surface area (Å²) in [5.41, 5.74) is 4.67. The van der Waals surface area contributed by atoms with Gasteiger partial charge in [0.1, 0.15) is 0 Å². The van der Waals surface area contributed by atoms with E-state index in [1.165, 1.54) is 29.8 Å². The monoisotopic (exact) mass is 487 g/mol. The van der Waals surface area contributed by atoms with Crippen molar-refractivity contribution in [3.05, 3.63) is 60.0 Å². The van der Waals surface area contributed by atoms with Gasteiger partial charge in [-0.15, -0.1) is 0 Å². The number of carbonyl (C=O) groups excluding carboxylic acids is 1. The maximum absolute atomic E-state index is 12.9. The van der Waals surface area contributed by atoms with Gasteiger partial charge in [-0.2, -0.15) is 4.98 Å². The summed E-state index contributed by atoms with van der Waals surface area (Å²) in [4.78, 5) is 24.3. The number of aromatic nitrogens is 2. The standard InChI is InChI=1S/C29H37N5O2/c1-21-13-15-32(16-14-21)25-9-7-24(8-10-25)29-30-27(36-31-29)11-12-28(35)33-17-18-34(23(3)20-33)26-6-4-5-22(2)19-26/h4-10,19,21,23H,11-18,20H2,1-3H3/t23-/m0/s1. The van der Waals surface area contributed by atoms with Crippen molar-refractivity contribution >= 4 is 17.3 Å². The van der Waals surface area contributed by atoms with E-state index >= 15 is 0 Å². The molecule has 2 aliphatic rings. The van der Waals surface area contributed by atoms with Crippen molar-refractivity contribution in [1.82, 2.24) is 15.0 Å². The molecule has 0 spiro atoms. The molecule has 5 rings (SSSR count). The number of nitrogens with zero attached hydrogens (tertiary/aromatic N) is 5. The molecule has 1 amide bonds. The summed E-state index contributed by atoms with van der Waals surface area (Å²) in [6.07, 6.45) is 3.33. The molecule has 2 saturated heterocycles. The number of amides is 1. The van der Waals surface area contributed by atoms with Crippen LogP contribution in [-0.2, 0) is 11.2 Å². The van der Waals surface area contributed by atoms with Crippen LogP contribution in [0.2, 0.25) is 0 Å². The molecule has 2 fully saturated rings. The Hall–Kier alpha value is -3.35. The van der Waals surface area contributed by atoms with Gasteiger partial charge >= 0.3 is 0 Å². The third-order valence-corrected chi connectivity index (χ3v) is 7.61. The fourth-order valence-electron chi connectivity index (χ4n) is 5.31. The lowest BCUT2D eigenvalue weighted by molar-refractivity contribution is -0.132. The SMILES string of the molecule is Cc1cccc(N2CCN(C(=O)CCc3nc(-c4ccc(N5CCC(C)CC5)cc4)no3)C[C@@H]2C)c1. The third kappa shape index (κ3) is 5.55. The lowest BCUT2D eigenvalue weighted by Gasteiger charge is -2.41. The molecule has 7 heteroatoms. The Kier molecular flexibility index (Phi) is 7.25. The van der Waals surface area contributed by atoms with Crippen LogP contribution in [-0.4, -0.2) is 59.7 Å². The van der Waals surface area contributed by atoms with Gasteiger partial charge in [-0.3, -0.25) is 4.79 Å². The molecule has 1 aromatic heterocycles. The van der Waals surface area contributed by atoms with Gasteiger partial charge in [0.25, 0.3) is 0 Å². The van der Waals surface area contributed by atoms with Gasteiger partial charge in [-0.05, 0) is 74.6 Å². The minimum Gasteiger partial charge on any atom is -0.372 e. The first-order valence-electron chi connectivity index (χ1n) is 13.3. The fourth-order valence-corrected chi connectivity index (χ4v) is 5.31. The first kappa shape index (κ1) is 24.3. The van der Waals surface area contributed by atoms with Crippen LogP contribution in [0.3, 0.4) is 0 Å². The van der Waals surface area contributed by atoms with E-state index < -0.39 is 0 Å². The number of hydrogen-bond acceptors (Lipinski definition) is 6. The van der Waals surface area contributed by atoms with E-state index in [1.807, 2.05) is 4.90 Å². The molecule has 2 aromatic carbocycles. The highest BCUT2D eigenvalue weighted by molar-refractivity contribution is 5.77. The molecule has 2 aliphatic heterocycles. The maximum atomic E-state index is 12.9. The van der Waals surface area contributed by atoms with Crippen molar-refractivity contribution in [2.45, 2.75) is 52.5 Å². The van der Waals surface area contributed by atoms with Gasteiger partial charge in [0.2, 0.25) is 17.6 Å². The Morgan fingerprint density at radius 2 is 1.78 bits per heavy atom. The number of aryl methyl sites for hydroxylation is 2. The molecule has 0 radical (unpaired) electrons. The van der Waals surface area contributed by atoms with Crippen LogP contribution in [0, 0.1) is 12.8 Å². The predicted molar refractivity (Wildman–Crippen MR) is 143 cm³/mol. The molecular formula is C29H37N5O2. The lowest BCUT2D eigenvalue weighted by atomic mass is 9.98. The second-order valence-corrected chi connectivity index (χ2v) is 10.4. The van der Waals surface area contributed by atoms with E-state index in [-0.39, 0.29) is 11.9 Å². The molecule has 3 heterocycles. The predicted octanol–water partition coefficient (Wildman–Crippen LogP) is 4.95. The number of piperazine rings is 1. The first-order valence-corrected chi connectivity index (χ1v) is 13.3. The summed E-state index contributed by atoms with van der Waals surface area (Å²) in [5.74, 6) is 2.05. The van der Waals surface area contributed by atoms with Gasteiger partial charge in [0.15, 0.2) is 0 Å². The zero-order chi connectivity index (χ0) is 25.1. The first-order chi connectivity index (χ1) is 17.5. The van der Waals surface area contributed by atoms with Crippen LogP contribution in [0.25, 0.3) is 11.4 Å². The summed E-state index contributed by atoms with van der Waals surface area (Å²) in [5, 5.41) is 4.16. The second-order valence-electron chi connectivity index (χ2n) is 10.4. The minimum atomic E-state index is 0.144. The molecule has 36 heavy (non-hydrogen) atoms. The molecular weight excluding hydrogens is 450 g/mol. The number of piperidine rings is 1. The van der Waals surface area contributed by atoms with E-state index in [2.05, 4.69) is 89.2 Å². The zero-order valence-electron chi connectivity index (χ0n) is 21.7. The molecule has 7 nitrogen and oxygen atoms in total. The van der Waals surface area contributed by atoms with E-state index in [4.69, 9.17) is 4.52 Å². The van der Waals surface area contributed by atoms with Crippen molar-refractivity contribution in [3.8, 4) is 11.4 Å². The van der Waals surface area contributed by atoms with Crippen LogP contribution in [0.4, 0.5) is 11.4 Å². The highest BCUT2D eigenvalue weighted by atomic mass is 16.5. The van der Waals surface area contributed by atoms with Gasteiger partial charge in [0.05, 0.1) is 0 Å². The fraction of sp³-hybridized carbons (Fsp3) is 0.483. The van der Waals surface area contributed by atoms with Crippen molar-refractivity contribution in [3.63, 3.8) is 0 Å². The molecule has 0 N–H and O–H groups in total. The largest absolute Gasteiger partial charge is 0.372 e. The van der Waals surface area contributed by atoms with Gasteiger partial charge in [0, 0.05) is 68.5 Å². The Morgan fingerprint density at radius 3 is 2.50 bits per heavy atom. The number of carbonyl (C=O) groups is 1. The maximum Gasteiger partial charge on any atom is 0.227 e. The molecule has 190 valence electrons. The van der Waals surface area contributed by atoms with Gasteiger partial charge in [-0.25, -0.2) is 0 Å². The molecule has 0 aliphatic carbocycles. The quantitative estimate of drug-likeness (QED) is 0.490. The van der Waals surface area contributed by atoms with Gasteiger partial charge in [-0.1, -0.05) is 24.2 Å². The van der Waals surface area contributed by atoms with Crippen LogP contribution in [0.15, 0.2) is 53.1 Å². The smallest absolute Gasteiger partial charge is 0.227 e. The van der Waals surface area contributed by atoms with Crippen LogP contribution < -0.4 is 9.80 Å². The Balaban J connectivity index is 1.12. The molecule has 0 unspecified atom stereocenters. The Morgan fingerprint density at radius 1 is 1.00 bits per heavy atom. The Bertz CT molecular complexity index is 1170. The lowest BCUT2D eigenvalue weighted by Crippen LogP contribution is -2.53. The minimum absolute atomic E-state index is 0.144. The summed E-state index contributed by atoms with van der Waals surface area (Å²) in [7, 11) is 0. The topological polar surface area (TPSA) is 65.7 Å². The summed E-state index contributed by atoms with van der Waals surface area (Å²) in [6, 6.07) is 17.2. The molecule has 0 bridgehead atoms. The summed E-state index contributed by atoms with van der Waals surface area (Å²) in [6.45, 7) is 11.1. The highest BCUT2D eigenvalue weighted by Crippen LogP contribution is 2.26. The van der Waals surface area contributed by atoms with Crippen molar-refractivity contribution in [2.24, 2.45) is 5.92 Å². The van der Waals surface area contributed by atoms with Crippen molar-refractivity contribution < 1.29 is 9.32 Å². The second kappa shape index (κ2) is 10.7. The van der Waals surface area contributed by atoms with Crippen LogP contribution in [0.5, 0.6) is 0 Å². The summed E-state index contributed by atoms with van der Waals surface area (Å²) < 4.78 is 5.47. The molecule has 0 saturated carbocycles. The summed E-state index contributed by atoms with van der Waals surface area (Å²) >= 11 is 0. The number of benzene rings is 2. The molecule has 1 atom stereocenters. The third-order valence-electron chi connectivity index (χ3n) is 7.61. The van der Waals surface area contributed by atoms with E-state index in [9.17, 15) is 4.79 Å². The Labute approximate surface area is 214 Å². The zero-order valence-corrected chi connectivity index (χ0v) is 21.7. The highest BCUT2D eigenvalue weighted by Gasteiger charge is 2.27. The number of rotatable bonds is 6. The number of hydrogen-bond donors (Lipinski definition) is 0. The van der Waals surface area contributed by atoms with E-state index in [1.54, 1.807) is 0 Å². The van der Waals surface area contributed by atoms with E-state index in [0.29, 0.717) is 24.6 Å². The van der Waals surface area contributed by atoms with Crippen LogP contribution >= 0.6 is 0 Å². The average molecular weight is 488 g/mol. The molecule has 3 aromatic rings. The normalized spacial score (nSPS) is 19.1. The average Bonchev–Trinajstić information content (AvgIpc) is 3.37. The van der Waals surface area contributed by atoms with Crippen LogP contribution in [0.1, 0.15) is 44.6 Å². The van der Waals surface area contributed by atoms with Crippen molar-refractivity contribution in [1.29, 1.82) is 0 Å². The van der Waals surface area contributed by atoms with Crippen molar-refractivity contribution in [2.75, 3.05) is 42.5 Å². The van der Waals surface area contributed by atoms with Gasteiger partial charge < -0.3 is 19.2 Å². The number of anilines is 2.